The third kappa shape index (κ3) is 6.83. The van der Waals surface area contributed by atoms with Gasteiger partial charge in [0.25, 0.3) is 0 Å². The van der Waals surface area contributed by atoms with Gasteiger partial charge in [0.2, 0.25) is 11.8 Å². The summed E-state index contributed by atoms with van der Waals surface area (Å²) in [5.41, 5.74) is 1.33. The van der Waals surface area contributed by atoms with Crippen molar-refractivity contribution in [2.75, 3.05) is 16.4 Å². The largest absolute Gasteiger partial charge is 0.457 e. The molecule has 1 atom stereocenters. The van der Waals surface area contributed by atoms with E-state index < -0.39 is 0 Å². The van der Waals surface area contributed by atoms with Crippen molar-refractivity contribution in [3.8, 4) is 11.5 Å². The molecule has 5 nitrogen and oxygen atoms in total. The molecule has 3 rings (SSSR count). The standard InChI is InChI=1S/C23H21ClN2O3S/c1-16(30-15-22(27)25-18-9-7-17(24)8-10-18)23(28)26-19-11-13-21(14-12-19)29-20-5-3-2-4-6-20/h2-14,16H,15H2,1H3,(H,25,27)(H,26,28). The third-order valence-corrected chi connectivity index (χ3v) is 5.46. The van der Waals surface area contributed by atoms with Gasteiger partial charge in [-0.05, 0) is 67.6 Å². The highest BCUT2D eigenvalue weighted by molar-refractivity contribution is 8.01. The first kappa shape index (κ1) is 21.7. The van der Waals surface area contributed by atoms with E-state index in [1.54, 1.807) is 55.5 Å². The summed E-state index contributed by atoms with van der Waals surface area (Å²) in [4.78, 5) is 24.4. The average Bonchev–Trinajstić information content (AvgIpc) is 2.76. The number of carbonyl (C=O) groups is 2. The molecule has 1 unspecified atom stereocenters. The molecule has 3 aromatic carbocycles. The number of nitrogens with one attached hydrogen (secondary N) is 2. The summed E-state index contributed by atoms with van der Waals surface area (Å²) in [6.45, 7) is 1.77. The van der Waals surface area contributed by atoms with Crippen LogP contribution in [0, 0.1) is 0 Å². The van der Waals surface area contributed by atoms with Gasteiger partial charge in [0.05, 0.1) is 11.0 Å². The molecule has 30 heavy (non-hydrogen) atoms. The van der Waals surface area contributed by atoms with Crippen molar-refractivity contribution in [3.05, 3.63) is 83.9 Å². The summed E-state index contributed by atoms with van der Waals surface area (Å²) < 4.78 is 5.74. The molecular weight excluding hydrogens is 420 g/mol. The van der Waals surface area contributed by atoms with E-state index in [1.165, 1.54) is 11.8 Å². The van der Waals surface area contributed by atoms with Crippen LogP contribution >= 0.6 is 23.4 Å². The SMILES string of the molecule is CC(SCC(=O)Nc1ccc(Cl)cc1)C(=O)Nc1ccc(Oc2ccccc2)cc1. The Morgan fingerprint density at radius 3 is 2.10 bits per heavy atom. The predicted octanol–water partition coefficient (Wildman–Crippen LogP) is 5.83. The Labute approximate surface area is 184 Å². The van der Waals surface area contributed by atoms with E-state index in [1.807, 2.05) is 30.3 Å². The van der Waals surface area contributed by atoms with Crippen LogP contribution in [0.15, 0.2) is 78.9 Å². The second kappa shape index (κ2) is 10.7. The Balaban J connectivity index is 1.44. The number of rotatable bonds is 8. The summed E-state index contributed by atoms with van der Waals surface area (Å²) in [5, 5.41) is 5.84. The lowest BCUT2D eigenvalue weighted by atomic mass is 10.3. The lowest BCUT2D eigenvalue weighted by Crippen LogP contribution is -2.25. The minimum Gasteiger partial charge on any atom is -0.457 e. The third-order valence-electron chi connectivity index (χ3n) is 4.06. The number of hydrogen-bond acceptors (Lipinski definition) is 4. The van der Waals surface area contributed by atoms with Crippen LogP contribution in [0.2, 0.25) is 5.02 Å². The maximum absolute atomic E-state index is 12.4. The summed E-state index contributed by atoms with van der Waals surface area (Å²) >= 11 is 7.09. The Morgan fingerprint density at radius 1 is 0.867 bits per heavy atom. The molecule has 0 saturated heterocycles. The fourth-order valence-electron chi connectivity index (χ4n) is 2.48. The van der Waals surface area contributed by atoms with Crippen LogP contribution in [0.3, 0.4) is 0 Å². The maximum atomic E-state index is 12.4. The molecule has 154 valence electrons. The molecule has 0 bridgehead atoms. The molecule has 3 aromatic rings. The second-order valence-electron chi connectivity index (χ2n) is 6.44. The van der Waals surface area contributed by atoms with Gasteiger partial charge in [-0.15, -0.1) is 11.8 Å². The van der Waals surface area contributed by atoms with Crippen LogP contribution in [0.25, 0.3) is 0 Å². The minimum absolute atomic E-state index is 0.168. The first-order valence-electron chi connectivity index (χ1n) is 9.30. The molecule has 7 heteroatoms. The van der Waals surface area contributed by atoms with Gasteiger partial charge in [-0.1, -0.05) is 29.8 Å². The van der Waals surface area contributed by atoms with Gasteiger partial charge in [-0.3, -0.25) is 9.59 Å². The Kier molecular flexibility index (Phi) is 7.76. The van der Waals surface area contributed by atoms with Crippen molar-refractivity contribution >= 4 is 46.6 Å². The van der Waals surface area contributed by atoms with E-state index in [9.17, 15) is 9.59 Å². The van der Waals surface area contributed by atoms with Gasteiger partial charge < -0.3 is 15.4 Å². The molecule has 2 N–H and O–H groups in total. The smallest absolute Gasteiger partial charge is 0.237 e. The van der Waals surface area contributed by atoms with Crippen molar-refractivity contribution in [1.29, 1.82) is 0 Å². The zero-order chi connectivity index (χ0) is 21.3. The highest BCUT2D eigenvalue weighted by Gasteiger charge is 2.15. The molecule has 0 aliphatic heterocycles. The minimum atomic E-state index is -0.388. The summed E-state index contributed by atoms with van der Waals surface area (Å²) in [6.07, 6.45) is 0. The van der Waals surface area contributed by atoms with Gasteiger partial charge in [0.15, 0.2) is 0 Å². The molecule has 0 aromatic heterocycles. The van der Waals surface area contributed by atoms with Crippen molar-refractivity contribution in [1.82, 2.24) is 0 Å². The van der Waals surface area contributed by atoms with Gasteiger partial charge in [-0.25, -0.2) is 0 Å². The number of thioether (sulfide) groups is 1. The maximum Gasteiger partial charge on any atom is 0.237 e. The van der Waals surface area contributed by atoms with Crippen molar-refractivity contribution < 1.29 is 14.3 Å². The van der Waals surface area contributed by atoms with Gasteiger partial charge >= 0.3 is 0 Å². The highest BCUT2D eigenvalue weighted by Crippen LogP contribution is 2.23. The first-order valence-corrected chi connectivity index (χ1v) is 10.7. The van der Waals surface area contributed by atoms with Gasteiger partial charge in [0, 0.05) is 16.4 Å². The lowest BCUT2D eigenvalue weighted by molar-refractivity contribution is -0.115. The van der Waals surface area contributed by atoms with Crippen LogP contribution in [0.5, 0.6) is 11.5 Å². The molecule has 0 radical (unpaired) electrons. The van der Waals surface area contributed by atoms with Crippen molar-refractivity contribution in [2.24, 2.45) is 0 Å². The summed E-state index contributed by atoms with van der Waals surface area (Å²) in [6, 6.07) is 23.5. The Bertz CT molecular complexity index is 980. The number of anilines is 2. The molecule has 2 amide bonds. The van der Waals surface area contributed by atoms with Crippen LogP contribution < -0.4 is 15.4 Å². The zero-order valence-corrected chi connectivity index (χ0v) is 17.9. The number of para-hydroxylation sites is 1. The zero-order valence-electron chi connectivity index (χ0n) is 16.3. The van der Waals surface area contributed by atoms with Crippen LogP contribution in [-0.4, -0.2) is 22.8 Å². The van der Waals surface area contributed by atoms with E-state index in [-0.39, 0.29) is 22.8 Å². The van der Waals surface area contributed by atoms with E-state index >= 15 is 0 Å². The number of hydrogen-bond donors (Lipinski definition) is 2. The second-order valence-corrected chi connectivity index (χ2v) is 8.20. The molecule has 0 aliphatic carbocycles. The van der Waals surface area contributed by atoms with Crippen LogP contribution in [-0.2, 0) is 9.59 Å². The quantitative estimate of drug-likeness (QED) is 0.462. The Hall–Kier alpha value is -2.96. The average molecular weight is 441 g/mol. The van der Waals surface area contributed by atoms with Gasteiger partial charge in [0.1, 0.15) is 11.5 Å². The monoisotopic (exact) mass is 440 g/mol. The van der Waals surface area contributed by atoms with Crippen molar-refractivity contribution in [3.63, 3.8) is 0 Å². The topological polar surface area (TPSA) is 67.4 Å². The summed E-state index contributed by atoms with van der Waals surface area (Å²) in [5.74, 6) is 1.25. The number of amides is 2. The summed E-state index contributed by atoms with van der Waals surface area (Å²) in [7, 11) is 0. The molecule has 0 heterocycles. The molecule has 0 saturated carbocycles. The van der Waals surface area contributed by atoms with Crippen LogP contribution in [0.1, 0.15) is 6.92 Å². The number of ether oxygens (including phenoxy) is 1. The molecular formula is C23H21ClN2O3S. The first-order chi connectivity index (χ1) is 14.5. The van der Waals surface area contributed by atoms with Crippen LogP contribution in [0.4, 0.5) is 11.4 Å². The normalized spacial score (nSPS) is 11.4. The number of benzene rings is 3. The fraction of sp³-hybridized carbons (Fsp3) is 0.130. The number of carbonyl (C=O) groups excluding carboxylic acids is 2. The fourth-order valence-corrected chi connectivity index (χ4v) is 3.29. The van der Waals surface area contributed by atoms with E-state index in [2.05, 4.69) is 10.6 Å². The Morgan fingerprint density at radius 2 is 1.43 bits per heavy atom. The van der Waals surface area contributed by atoms with Gasteiger partial charge in [-0.2, -0.15) is 0 Å². The van der Waals surface area contributed by atoms with E-state index in [0.29, 0.717) is 22.1 Å². The lowest BCUT2D eigenvalue weighted by Gasteiger charge is -2.13. The molecule has 0 fully saturated rings. The van der Waals surface area contributed by atoms with E-state index in [4.69, 9.17) is 16.3 Å². The predicted molar refractivity (Wildman–Crippen MR) is 124 cm³/mol. The van der Waals surface area contributed by atoms with E-state index in [0.717, 1.165) is 5.75 Å². The van der Waals surface area contributed by atoms with Crippen molar-refractivity contribution in [2.45, 2.75) is 12.2 Å². The molecule has 0 aliphatic rings. The molecule has 0 spiro atoms. The highest BCUT2D eigenvalue weighted by atomic mass is 35.5. The number of halogens is 1.